The van der Waals surface area contributed by atoms with Crippen LogP contribution in [0.15, 0.2) is 29.2 Å². The summed E-state index contributed by atoms with van der Waals surface area (Å²) < 4.78 is 25.4. The molecule has 1 nitrogen and oxygen atoms in total. The van der Waals surface area contributed by atoms with E-state index in [1.807, 2.05) is 18.2 Å². The summed E-state index contributed by atoms with van der Waals surface area (Å²) in [6, 6.07) is 7.80. The summed E-state index contributed by atoms with van der Waals surface area (Å²) in [6.07, 6.45) is 3.62. The van der Waals surface area contributed by atoms with Crippen LogP contribution in [0.4, 0.5) is 14.5 Å². The summed E-state index contributed by atoms with van der Waals surface area (Å²) in [5.41, 5.74) is 0.854. The summed E-state index contributed by atoms with van der Waals surface area (Å²) in [4.78, 5) is 0.647. The quantitative estimate of drug-likeness (QED) is 0.682. The van der Waals surface area contributed by atoms with Crippen LogP contribution in [-0.4, -0.2) is 11.8 Å². The van der Waals surface area contributed by atoms with E-state index in [9.17, 15) is 8.78 Å². The van der Waals surface area contributed by atoms with Crippen molar-refractivity contribution in [2.75, 3.05) is 5.32 Å². The van der Waals surface area contributed by atoms with Crippen LogP contribution in [-0.2, 0) is 0 Å². The van der Waals surface area contributed by atoms with Crippen LogP contribution in [0.3, 0.4) is 0 Å². The molecule has 1 saturated carbocycles. The Labute approximate surface area is 130 Å². The molecule has 1 aromatic rings. The molecule has 0 heterocycles. The van der Waals surface area contributed by atoms with Gasteiger partial charge in [0.15, 0.2) is 0 Å². The first-order valence-corrected chi connectivity index (χ1v) is 8.65. The summed E-state index contributed by atoms with van der Waals surface area (Å²) >= 11 is 0.628. The molecule has 1 fully saturated rings. The van der Waals surface area contributed by atoms with E-state index in [0.29, 0.717) is 40.5 Å². The van der Waals surface area contributed by atoms with Gasteiger partial charge >= 0.3 is 0 Å². The van der Waals surface area contributed by atoms with Gasteiger partial charge in [-0.2, -0.15) is 8.78 Å². The Kier molecular flexibility index (Phi) is 5.91. The van der Waals surface area contributed by atoms with Gasteiger partial charge in [0.05, 0.1) is 0 Å². The van der Waals surface area contributed by atoms with Crippen molar-refractivity contribution in [1.29, 1.82) is 0 Å². The van der Waals surface area contributed by atoms with E-state index in [0.717, 1.165) is 12.1 Å². The number of thioether (sulfide) groups is 1. The number of hydrogen-bond acceptors (Lipinski definition) is 2. The monoisotopic (exact) mass is 313 g/mol. The van der Waals surface area contributed by atoms with Crippen LogP contribution >= 0.6 is 11.8 Å². The molecule has 0 radical (unpaired) electrons. The lowest BCUT2D eigenvalue weighted by atomic mass is 9.74. The molecule has 0 amide bonds. The van der Waals surface area contributed by atoms with E-state index < -0.39 is 5.76 Å². The fraction of sp³-hybridized carbons (Fsp3) is 0.647. The van der Waals surface area contributed by atoms with Crippen molar-refractivity contribution in [2.24, 2.45) is 17.8 Å². The zero-order valence-electron chi connectivity index (χ0n) is 13.0. The average Bonchev–Trinajstić information content (AvgIpc) is 2.40. The highest BCUT2D eigenvalue weighted by molar-refractivity contribution is 7.99. The van der Waals surface area contributed by atoms with Gasteiger partial charge in [-0.15, -0.1) is 0 Å². The smallest absolute Gasteiger partial charge is 0.288 e. The summed E-state index contributed by atoms with van der Waals surface area (Å²) in [6.45, 7) is 6.80. The van der Waals surface area contributed by atoms with Crippen molar-refractivity contribution >= 4 is 17.4 Å². The largest absolute Gasteiger partial charge is 0.381 e. The van der Waals surface area contributed by atoms with Crippen molar-refractivity contribution in [3.63, 3.8) is 0 Å². The van der Waals surface area contributed by atoms with E-state index in [1.165, 1.54) is 12.8 Å². The first-order chi connectivity index (χ1) is 9.97. The van der Waals surface area contributed by atoms with Gasteiger partial charge in [0, 0.05) is 16.6 Å². The third-order valence-corrected chi connectivity index (χ3v) is 5.25. The molecule has 1 aliphatic carbocycles. The van der Waals surface area contributed by atoms with Crippen LogP contribution in [0.5, 0.6) is 0 Å². The number of rotatable bonds is 5. The fourth-order valence-electron chi connectivity index (χ4n) is 3.35. The van der Waals surface area contributed by atoms with Crippen LogP contribution in [0.2, 0.25) is 0 Å². The Bertz CT molecular complexity index is 450. The first kappa shape index (κ1) is 16.6. The van der Waals surface area contributed by atoms with Gasteiger partial charge in [-0.3, -0.25) is 0 Å². The van der Waals surface area contributed by atoms with Crippen molar-refractivity contribution in [2.45, 2.75) is 56.7 Å². The van der Waals surface area contributed by atoms with Gasteiger partial charge in [0.1, 0.15) is 0 Å². The second-order valence-electron chi connectivity index (χ2n) is 6.45. The van der Waals surface area contributed by atoms with Crippen LogP contribution in [0, 0.1) is 17.8 Å². The van der Waals surface area contributed by atoms with E-state index in [4.69, 9.17) is 0 Å². The van der Waals surface area contributed by atoms with Crippen molar-refractivity contribution in [3.8, 4) is 0 Å². The maximum absolute atomic E-state index is 12.7. The minimum atomic E-state index is -2.38. The lowest BCUT2D eigenvalue weighted by Crippen LogP contribution is -2.37. The topological polar surface area (TPSA) is 12.0 Å². The molecule has 0 saturated heterocycles. The number of alkyl halides is 2. The SMILES string of the molecule is CC1CCC(C(C)C)C(Nc2ccccc2SC(F)F)C1. The average molecular weight is 313 g/mol. The van der Waals surface area contributed by atoms with Gasteiger partial charge < -0.3 is 5.32 Å². The number of halogens is 2. The van der Waals surface area contributed by atoms with Gasteiger partial charge in [0.25, 0.3) is 5.76 Å². The highest BCUT2D eigenvalue weighted by atomic mass is 32.2. The molecule has 3 atom stereocenters. The highest BCUT2D eigenvalue weighted by Gasteiger charge is 2.31. The normalized spacial score (nSPS) is 26.3. The lowest BCUT2D eigenvalue weighted by Gasteiger charge is -2.38. The second kappa shape index (κ2) is 7.48. The molecule has 118 valence electrons. The standard InChI is InChI=1S/C17H25F2NS/c1-11(2)13-9-8-12(3)10-15(13)20-14-6-4-5-7-16(14)21-17(18)19/h4-7,11-13,15,17,20H,8-10H2,1-3H3. The maximum Gasteiger partial charge on any atom is 0.288 e. The fourth-order valence-corrected chi connectivity index (χ4v) is 3.96. The van der Waals surface area contributed by atoms with Crippen LogP contribution < -0.4 is 5.32 Å². The molecule has 0 bridgehead atoms. The van der Waals surface area contributed by atoms with Gasteiger partial charge in [-0.25, -0.2) is 0 Å². The summed E-state index contributed by atoms with van der Waals surface area (Å²) in [7, 11) is 0. The molecule has 1 aliphatic rings. The van der Waals surface area contributed by atoms with Gasteiger partial charge in [0.2, 0.25) is 0 Å². The zero-order chi connectivity index (χ0) is 15.4. The second-order valence-corrected chi connectivity index (χ2v) is 7.48. The minimum Gasteiger partial charge on any atom is -0.381 e. The number of benzene rings is 1. The first-order valence-electron chi connectivity index (χ1n) is 7.77. The number of anilines is 1. The molecule has 2 rings (SSSR count). The van der Waals surface area contributed by atoms with E-state index in [-0.39, 0.29) is 0 Å². The Morgan fingerprint density at radius 3 is 2.57 bits per heavy atom. The Morgan fingerprint density at radius 2 is 1.90 bits per heavy atom. The molecular weight excluding hydrogens is 288 g/mol. The molecule has 0 aromatic heterocycles. The van der Waals surface area contributed by atoms with Crippen LogP contribution in [0.1, 0.15) is 40.0 Å². The lowest BCUT2D eigenvalue weighted by molar-refractivity contribution is 0.212. The van der Waals surface area contributed by atoms with Crippen molar-refractivity contribution < 1.29 is 8.78 Å². The third kappa shape index (κ3) is 4.60. The third-order valence-electron chi connectivity index (χ3n) is 4.47. The molecule has 1 aromatic carbocycles. The Hall–Kier alpha value is -0.770. The minimum absolute atomic E-state index is 0.383. The van der Waals surface area contributed by atoms with Crippen LogP contribution in [0.25, 0.3) is 0 Å². The van der Waals surface area contributed by atoms with Crippen molar-refractivity contribution in [1.82, 2.24) is 0 Å². The number of nitrogens with one attached hydrogen (secondary N) is 1. The number of hydrogen-bond donors (Lipinski definition) is 1. The molecule has 1 N–H and O–H groups in total. The molecule has 4 heteroatoms. The Balaban J connectivity index is 2.15. The highest BCUT2D eigenvalue weighted by Crippen LogP contribution is 2.38. The molecule has 0 aliphatic heterocycles. The summed E-state index contributed by atoms with van der Waals surface area (Å²) in [5.74, 6) is -0.442. The van der Waals surface area contributed by atoms with E-state index in [1.54, 1.807) is 6.07 Å². The van der Waals surface area contributed by atoms with E-state index in [2.05, 4.69) is 26.1 Å². The maximum atomic E-state index is 12.7. The zero-order valence-corrected chi connectivity index (χ0v) is 13.8. The van der Waals surface area contributed by atoms with E-state index >= 15 is 0 Å². The molecule has 0 spiro atoms. The van der Waals surface area contributed by atoms with Gasteiger partial charge in [-0.05, 0) is 42.7 Å². The molecule has 21 heavy (non-hydrogen) atoms. The Morgan fingerprint density at radius 1 is 1.19 bits per heavy atom. The molecule has 3 unspecified atom stereocenters. The predicted octanol–water partition coefficient (Wildman–Crippen LogP) is 5.87. The number of para-hydroxylation sites is 1. The summed E-state index contributed by atoms with van der Waals surface area (Å²) in [5, 5.41) is 3.56. The van der Waals surface area contributed by atoms with Gasteiger partial charge in [-0.1, -0.05) is 51.1 Å². The predicted molar refractivity (Wildman–Crippen MR) is 87.1 cm³/mol. The van der Waals surface area contributed by atoms with Crippen molar-refractivity contribution in [3.05, 3.63) is 24.3 Å². The molecular formula is C17H25F2NS.